The van der Waals surface area contributed by atoms with Gasteiger partial charge in [0.2, 0.25) is 0 Å². The SMILES string of the molecule is C[C@H](NC(=O)COC(=O)c1ccc(-n2cncn2)cc1)c1ccccc1. The van der Waals surface area contributed by atoms with Crippen LogP contribution in [0.4, 0.5) is 0 Å². The first-order valence-electron chi connectivity index (χ1n) is 8.10. The lowest BCUT2D eigenvalue weighted by Gasteiger charge is -2.14. The summed E-state index contributed by atoms with van der Waals surface area (Å²) in [5.74, 6) is -0.911. The summed E-state index contributed by atoms with van der Waals surface area (Å²) < 4.78 is 6.65. The summed E-state index contributed by atoms with van der Waals surface area (Å²) >= 11 is 0. The third kappa shape index (κ3) is 4.32. The lowest BCUT2D eigenvalue weighted by Crippen LogP contribution is -2.31. The molecule has 7 nitrogen and oxygen atoms in total. The highest BCUT2D eigenvalue weighted by atomic mass is 16.5. The minimum Gasteiger partial charge on any atom is -0.452 e. The van der Waals surface area contributed by atoms with Crippen molar-refractivity contribution in [1.82, 2.24) is 20.1 Å². The predicted octanol–water partition coefficient (Wildman–Crippen LogP) is 2.30. The zero-order valence-electron chi connectivity index (χ0n) is 14.2. The first-order valence-corrected chi connectivity index (χ1v) is 8.10. The predicted molar refractivity (Wildman–Crippen MR) is 94.6 cm³/mol. The van der Waals surface area contributed by atoms with Gasteiger partial charge < -0.3 is 10.1 Å². The molecule has 1 amide bonds. The van der Waals surface area contributed by atoms with Crippen molar-refractivity contribution < 1.29 is 14.3 Å². The third-order valence-electron chi connectivity index (χ3n) is 3.80. The lowest BCUT2D eigenvalue weighted by atomic mass is 10.1. The minimum absolute atomic E-state index is 0.163. The number of esters is 1. The molecular formula is C19H18N4O3. The molecule has 0 aliphatic carbocycles. The van der Waals surface area contributed by atoms with Gasteiger partial charge in [-0.3, -0.25) is 4.79 Å². The molecule has 1 N–H and O–H groups in total. The Morgan fingerprint density at radius 1 is 1.12 bits per heavy atom. The zero-order chi connectivity index (χ0) is 18.4. The first-order chi connectivity index (χ1) is 12.6. The van der Waals surface area contributed by atoms with Gasteiger partial charge in [-0.2, -0.15) is 5.10 Å². The molecule has 0 radical (unpaired) electrons. The van der Waals surface area contributed by atoms with Crippen LogP contribution in [0, 0.1) is 0 Å². The van der Waals surface area contributed by atoms with Crippen molar-refractivity contribution in [3.05, 3.63) is 78.4 Å². The van der Waals surface area contributed by atoms with Gasteiger partial charge in [-0.05, 0) is 36.8 Å². The van der Waals surface area contributed by atoms with Crippen LogP contribution in [-0.2, 0) is 9.53 Å². The van der Waals surface area contributed by atoms with E-state index in [-0.39, 0.29) is 18.6 Å². The number of carbonyl (C=O) groups excluding carboxylic acids is 2. The molecule has 0 unspecified atom stereocenters. The Morgan fingerprint density at radius 3 is 2.50 bits per heavy atom. The molecule has 1 atom stereocenters. The number of hydrogen-bond donors (Lipinski definition) is 1. The van der Waals surface area contributed by atoms with Crippen LogP contribution in [0.25, 0.3) is 5.69 Å². The Kier molecular flexibility index (Phi) is 5.38. The van der Waals surface area contributed by atoms with E-state index in [0.29, 0.717) is 5.56 Å². The van der Waals surface area contributed by atoms with E-state index in [1.54, 1.807) is 35.3 Å². The molecule has 0 bridgehead atoms. The van der Waals surface area contributed by atoms with E-state index < -0.39 is 5.97 Å². The third-order valence-corrected chi connectivity index (χ3v) is 3.80. The number of benzene rings is 2. The Labute approximate surface area is 150 Å². The minimum atomic E-state index is -0.558. The van der Waals surface area contributed by atoms with E-state index in [1.165, 1.54) is 6.33 Å². The van der Waals surface area contributed by atoms with Crippen molar-refractivity contribution in [3.8, 4) is 5.69 Å². The normalized spacial score (nSPS) is 11.6. The topological polar surface area (TPSA) is 86.1 Å². The average molecular weight is 350 g/mol. The number of ether oxygens (including phenoxy) is 1. The van der Waals surface area contributed by atoms with Gasteiger partial charge in [0.05, 0.1) is 17.3 Å². The van der Waals surface area contributed by atoms with E-state index in [0.717, 1.165) is 11.3 Å². The maximum atomic E-state index is 12.1. The van der Waals surface area contributed by atoms with Gasteiger partial charge in [0.1, 0.15) is 12.7 Å². The highest BCUT2D eigenvalue weighted by Crippen LogP contribution is 2.11. The Morgan fingerprint density at radius 2 is 1.85 bits per heavy atom. The molecule has 3 aromatic rings. The number of nitrogens with zero attached hydrogens (tertiary/aromatic N) is 3. The summed E-state index contributed by atoms with van der Waals surface area (Å²) in [5, 5.41) is 6.81. The highest BCUT2D eigenvalue weighted by molar-refractivity contribution is 5.91. The standard InChI is InChI=1S/C19H18N4O3/c1-14(15-5-3-2-4-6-15)22-18(24)11-26-19(25)16-7-9-17(10-8-16)23-13-20-12-21-23/h2-10,12-14H,11H2,1H3,(H,22,24)/t14-/m0/s1. The summed E-state index contributed by atoms with van der Waals surface area (Å²) in [6, 6.07) is 16.1. The number of nitrogens with one attached hydrogen (secondary N) is 1. The van der Waals surface area contributed by atoms with Gasteiger partial charge in [0.15, 0.2) is 6.61 Å². The van der Waals surface area contributed by atoms with Crippen LogP contribution < -0.4 is 5.32 Å². The molecular weight excluding hydrogens is 332 g/mol. The smallest absolute Gasteiger partial charge is 0.338 e. The maximum absolute atomic E-state index is 12.1. The fourth-order valence-electron chi connectivity index (χ4n) is 2.41. The molecule has 7 heteroatoms. The molecule has 0 spiro atoms. The van der Waals surface area contributed by atoms with Crippen molar-refractivity contribution >= 4 is 11.9 Å². The molecule has 0 aliphatic rings. The summed E-state index contributed by atoms with van der Waals surface area (Å²) in [4.78, 5) is 27.9. The molecule has 3 rings (SSSR count). The molecule has 1 aromatic heterocycles. The second-order valence-corrected chi connectivity index (χ2v) is 5.66. The summed E-state index contributed by atoms with van der Waals surface area (Å²) in [5.41, 5.74) is 2.11. The largest absolute Gasteiger partial charge is 0.452 e. The Hall–Kier alpha value is -3.48. The summed E-state index contributed by atoms with van der Waals surface area (Å²) in [6.07, 6.45) is 2.99. The van der Waals surface area contributed by atoms with Gasteiger partial charge in [-0.15, -0.1) is 0 Å². The summed E-state index contributed by atoms with van der Waals surface area (Å²) in [7, 11) is 0. The van der Waals surface area contributed by atoms with Crippen molar-refractivity contribution in [2.24, 2.45) is 0 Å². The van der Waals surface area contributed by atoms with Gasteiger partial charge >= 0.3 is 5.97 Å². The van der Waals surface area contributed by atoms with E-state index >= 15 is 0 Å². The quantitative estimate of drug-likeness (QED) is 0.690. The molecule has 1 heterocycles. The van der Waals surface area contributed by atoms with E-state index in [1.807, 2.05) is 37.3 Å². The van der Waals surface area contributed by atoms with Crippen LogP contribution in [0.3, 0.4) is 0 Å². The van der Waals surface area contributed by atoms with Crippen molar-refractivity contribution in [3.63, 3.8) is 0 Å². The van der Waals surface area contributed by atoms with Crippen LogP contribution in [0.5, 0.6) is 0 Å². The first kappa shape index (κ1) is 17.3. The number of hydrogen-bond acceptors (Lipinski definition) is 5. The van der Waals surface area contributed by atoms with Crippen LogP contribution >= 0.6 is 0 Å². The Balaban J connectivity index is 1.51. The number of amides is 1. The molecule has 0 saturated heterocycles. The van der Waals surface area contributed by atoms with Crippen LogP contribution in [-0.4, -0.2) is 33.2 Å². The monoisotopic (exact) mass is 350 g/mol. The second kappa shape index (κ2) is 8.06. The molecule has 0 saturated carbocycles. The lowest BCUT2D eigenvalue weighted by molar-refractivity contribution is -0.124. The van der Waals surface area contributed by atoms with E-state index in [4.69, 9.17) is 4.74 Å². The number of rotatable bonds is 6. The van der Waals surface area contributed by atoms with Gasteiger partial charge in [0.25, 0.3) is 5.91 Å². The van der Waals surface area contributed by atoms with Crippen LogP contribution in [0.2, 0.25) is 0 Å². The Bertz CT molecular complexity index is 862. The molecule has 132 valence electrons. The summed E-state index contributed by atoms with van der Waals surface area (Å²) in [6.45, 7) is 1.54. The molecule has 0 fully saturated rings. The second-order valence-electron chi connectivity index (χ2n) is 5.66. The van der Waals surface area contributed by atoms with Gasteiger partial charge in [0, 0.05) is 0 Å². The van der Waals surface area contributed by atoms with Gasteiger partial charge in [-0.1, -0.05) is 30.3 Å². The van der Waals surface area contributed by atoms with Crippen molar-refractivity contribution in [2.45, 2.75) is 13.0 Å². The molecule has 2 aromatic carbocycles. The van der Waals surface area contributed by atoms with Crippen molar-refractivity contribution in [2.75, 3.05) is 6.61 Å². The molecule has 0 aliphatic heterocycles. The van der Waals surface area contributed by atoms with E-state index in [9.17, 15) is 9.59 Å². The van der Waals surface area contributed by atoms with Gasteiger partial charge in [-0.25, -0.2) is 14.5 Å². The number of aromatic nitrogens is 3. The maximum Gasteiger partial charge on any atom is 0.338 e. The fourth-order valence-corrected chi connectivity index (χ4v) is 2.41. The van der Waals surface area contributed by atoms with Crippen molar-refractivity contribution in [1.29, 1.82) is 0 Å². The van der Waals surface area contributed by atoms with Crippen LogP contribution in [0.1, 0.15) is 28.9 Å². The molecule has 26 heavy (non-hydrogen) atoms. The zero-order valence-corrected chi connectivity index (χ0v) is 14.2. The van der Waals surface area contributed by atoms with E-state index in [2.05, 4.69) is 15.4 Å². The fraction of sp³-hybridized carbons (Fsp3) is 0.158. The van der Waals surface area contributed by atoms with Crippen LogP contribution in [0.15, 0.2) is 67.3 Å². The highest BCUT2D eigenvalue weighted by Gasteiger charge is 2.13. The number of carbonyl (C=O) groups is 2. The average Bonchev–Trinajstić information content (AvgIpc) is 3.21.